The minimum atomic E-state index is -3.92. The molecule has 0 heterocycles. The zero-order chi connectivity index (χ0) is 15.0. The number of methoxy groups -OCH3 is 1. The number of rotatable bonds is 3. The van der Waals surface area contributed by atoms with E-state index < -0.39 is 10.1 Å². The first-order valence-electron chi connectivity index (χ1n) is 5.63. The highest BCUT2D eigenvalue weighted by Gasteiger charge is 2.13. The van der Waals surface area contributed by atoms with Crippen LogP contribution < -0.4 is 25.9 Å². The van der Waals surface area contributed by atoms with Gasteiger partial charge in [-0.1, -0.05) is 18.2 Å². The van der Waals surface area contributed by atoms with Crippen LogP contribution in [0.25, 0.3) is 0 Å². The third-order valence-corrected chi connectivity index (χ3v) is 4.68. The van der Waals surface area contributed by atoms with Crippen LogP contribution >= 0.6 is 0 Å². The lowest BCUT2D eigenvalue weighted by Crippen LogP contribution is -3.61. The van der Waals surface area contributed by atoms with E-state index in [1.807, 2.05) is 12.1 Å². The molecule has 0 radical (unpaired) electrons. The molecule has 6 heteroatoms. The molecule has 0 spiro atoms. The fraction of sp³-hybridized carbons (Fsp3) is 0.143. The van der Waals surface area contributed by atoms with Crippen molar-refractivity contribution in [3.8, 4) is 5.75 Å². The quantitative estimate of drug-likeness (QED) is 0.484. The van der Waals surface area contributed by atoms with Crippen molar-refractivity contribution in [3.63, 3.8) is 0 Å². The van der Waals surface area contributed by atoms with Crippen molar-refractivity contribution in [2.45, 2.75) is 0 Å². The summed E-state index contributed by atoms with van der Waals surface area (Å²) in [4.78, 5) is 0. The van der Waals surface area contributed by atoms with Crippen LogP contribution in [0.3, 0.4) is 0 Å². The molecule has 2 rings (SSSR count). The first-order chi connectivity index (χ1) is 9.38. The van der Waals surface area contributed by atoms with E-state index in [0.29, 0.717) is 6.26 Å². The Morgan fingerprint density at radius 2 is 1.40 bits per heavy atom. The van der Waals surface area contributed by atoms with Gasteiger partial charge in [0.2, 0.25) is 0 Å². The number of benzene rings is 2. The zero-order valence-electron chi connectivity index (χ0n) is 11.1. The molecule has 0 saturated heterocycles. The fourth-order valence-corrected chi connectivity index (χ4v) is 3.45. The Morgan fingerprint density at radius 3 is 1.85 bits per heavy atom. The summed E-state index contributed by atoms with van der Waals surface area (Å²) in [7, 11) is -2.22. The van der Waals surface area contributed by atoms with E-state index >= 15 is 0 Å². The summed E-state index contributed by atoms with van der Waals surface area (Å²) in [6.07, 6.45) is 0.604. The molecule has 0 atom stereocenters. The molecule has 0 aromatic heterocycles. The van der Waals surface area contributed by atoms with Crippen LogP contribution in [0.15, 0.2) is 54.6 Å². The van der Waals surface area contributed by atoms with Crippen molar-refractivity contribution in [3.05, 3.63) is 61.7 Å². The number of hydrogen-bond donors (Lipinski definition) is 0. The standard InChI is InChI=1S/C13H12IO.CH4O3S/c1-15-13-9-7-12(8-10-13)14-11-5-3-2-4-6-11;1-5(2,3)4/h2-10H,1H3;1H3,(H,2,3,4)/q+1;/p-1. The summed E-state index contributed by atoms with van der Waals surface area (Å²) in [6.45, 7) is 0. The number of halogens is 1. The molecule has 0 saturated carbocycles. The van der Waals surface area contributed by atoms with E-state index in [-0.39, 0.29) is 21.2 Å². The molecular weight excluding hydrogens is 391 g/mol. The number of ether oxygens (including phenoxy) is 1. The minimum absolute atomic E-state index is 0.0449. The maximum atomic E-state index is 9.08. The van der Waals surface area contributed by atoms with E-state index in [0.717, 1.165) is 5.75 Å². The van der Waals surface area contributed by atoms with E-state index in [1.165, 1.54) is 7.14 Å². The summed E-state index contributed by atoms with van der Waals surface area (Å²) in [5.74, 6) is 0.927. The molecule has 4 nitrogen and oxygen atoms in total. The maximum Gasteiger partial charge on any atom is 0.357 e. The topological polar surface area (TPSA) is 66.4 Å². The summed E-state index contributed by atoms with van der Waals surface area (Å²) in [5, 5.41) is 0. The van der Waals surface area contributed by atoms with Crippen LogP contribution in [0.5, 0.6) is 5.75 Å². The van der Waals surface area contributed by atoms with Crippen LogP contribution in [0.1, 0.15) is 0 Å². The van der Waals surface area contributed by atoms with Crippen molar-refractivity contribution in [1.29, 1.82) is 0 Å². The normalized spacial score (nSPS) is 10.3. The SMILES string of the molecule is COc1ccc([I+]c2ccccc2)cc1.CS(=O)(=O)[O-]. The van der Waals surface area contributed by atoms with E-state index in [9.17, 15) is 0 Å². The fourth-order valence-electron chi connectivity index (χ4n) is 1.24. The van der Waals surface area contributed by atoms with Gasteiger partial charge in [0.25, 0.3) is 0 Å². The molecule has 0 aliphatic carbocycles. The molecule has 0 aliphatic heterocycles. The van der Waals surface area contributed by atoms with Crippen molar-refractivity contribution >= 4 is 10.1 Å². The summed E-state index contributed by atoms with van der Waals surface area (Å²) < 4.78 is 35.2. The predicted molar refractivity (Wildman–Crippen MR) is 72.5 cm³/mol. The third-order valence-electron chi connectivity index (χ3n) is 2.00. The summed E-state index contributed by atoms with van der Waals surface area (Å²) >= 11 is -0.0449. The Kier molecular flexibility index (Phi) is 6.97. The van der Waals surface area contributed by atoms with Crippen molar-refractivity contribution < 1.29 is 38.9 Å². The first kappa shape index (κ1) is 16.9. The first-order valence-corrected chi connectivity index (χ1v) is 9.60. The van der Waals surface area contributed by atoms with E-state index in [2.05, 4.69) is 42.5 Å². The molecule has 0 bridgehead atoms. The Bertz CT molecular complexity index is 601. The van der Waals surface area contributed by atoms with Crippen molar-refractivity contribution in [1.82, 2.24) is 0 Å². The monoisotopic (exact) mass is 406 g/mol. The van der Waals surface area contributed by atoms with Gasteiger partial charge < -0.3 is 9.29 Å². The Labute approximate surface area is 129 Å². The second-order valence-corrected chi connectivity index (χ2v) is 8.19. The van der Waals surface area contributed by atoms with Gasteiger partial charge in [-0.2, -0.15) is 0 Å². The van der Waals surface area contributed by atoms with Gasteiger partial charge in [-0.15, -0.1) is 0 Å². The van der Waals surface area contributed by atoms with Gasteiger partial charge >= 0.3 is 21.2 Å². The van der Waals surface area contributed by atoms with Gasteiger partial charge in [0.15, 0.2) is 7.14 Å². The van der Waals surface area contributed by atoms with E-state index in [1.54, 1.807) is 7.11 Å². The molecule has 2 aromatic carbocycles. The van der Waals surface area contributed by atoms with Crippen LogP contribution in [0.4, 0.5) is 0 Å². The lowest BCUT2D eigenvalue weighted by atomic mass is 10.3. The molecule has 0 N–H and O–H groups in total. The lowest BCUT2D eigenvalue weighted by molar-refractivity contribution is -0.597. The van der Waals surface area contributed by atoms with Gasteiger partial charge in [-0.05, 0) is 36.4 Å². The minimum Gasteiger partial charge on any atom is -0.748 e. The third kappa shape index (κ3) is 8.13. The highest BCUT2D eigenvalue weighted by atomic mass is 127. The Hall–Kier alpha value is -1.12. The Balaban J connectivity index is 0.000000347. The Morgan fingerprint density at radius 1 is 0.950 bits per heavy atom. The van der Waals surface area contributed by atoms with Gasteiger partial charge in [0, 0.05) is 6.26 Å². The second kappa shape index (κ2) is 8.23. The lowest BCUT2D eigenvalue weighted by Gasteiger charge is -1.95. The van der Waals surface area contributed by atoms with E-state index in [4.69, 9.17) is 17.7 Å². The zero-order valence-corrected chi connectivity index (χ0v) is 14.1. The molecule has 0 fully saturated rings. The molecule has 0 unspecified atom stereocenters. The van der Waals surface area contributed by atoms with Crippen LogP contribution in [-0.4, -0.2) is 26.3 Å². The maximum absolute atomic E-state index is 9.08. The molecule has 20 heavy (non-hydrogen) atoms. The van der Waals surface area contributed by atoms with Gasteiger partial charge in [-0.3, -0.25) is 0 Å². The average Bonchev–Trinajstić information content (AvgIpc) is 2.39. The van der Waals surface area contributed by atoms with Gasteiger partial charge in [0.05, 0.1) is 17.2 Å². The summed E-state index contributed by atoms with van der Waals surface area (Å²) in [6, 6.07) is 19.0. The van der Waals surface area contributed by atoms with Crippen LogP contribution in [0.2, 0.25) is 0 Å². The van der Waals surface area contributed by atoms with Crippen molar-refractivity contribution in [2.75, 3.05) is 13.4 Å². The average molecular weight is 406 g/mol. The molecular formula is C14H15IO4S. The van der Waals surface area contributed by atoms with Crippen LogP contribution in [-0.2, 0) is 10.1 Å². The molecule has 2 aromatic rings. The van der Waals surface area contributed by atoms with Gasteiger partial charge in [-0.25, -0.2) is 8.42 Å². The largest absolute Gasteiger partial charge is 0.748 e. The van der Waals surface area contributed by atoms with Gasteiger partial charge in [0.1, 0.15) is 5.75 Å². The molecule has 108 valence electrons. The smallest absolute Gasteiger partial charge is 0.357 e. The molecule has 0 amide bonds. The van der Waals surface area contributed by atoms with Crippen LogP contribution in [0, 0.1) is 7.14 Å². The highest BCUT2D eigenvalue weighted by molar-refractivity contribution is 7.84. The van der Waals surface area contributed by atoms with Crippen molar-refractivity contribution in [2.24, 2.45) is 0 Å². The number of hydrogen-bond acceptors (Lipinski definition) is 4. The molecule has 0 aliphatic rings. The predicted octanol–water partition coefficient (Wildman–Crippen LogP) is -1.01. The second-order valence-electron chi connectivity index (χ2n) is 3.75. The highest BCUT2D eigenvalue weighted by Crippen LogP contribution is 2.06. The summed E-state index contributed by atoms with van der Waals surface area (Å²) in [5.41, 5.74) is 0.